The number of aromatic nitrogens is 2. The summed E-state index contributed by atoms with van der Waals surface area (Å²) in [7, 11) is -3.48. The highest BCUT2D eigenvalue weighted by molar-refractivity contribution is 7.92. The van der Waals surface area contributed by atoms with Crippen molar-refractivity contribution >= 4 is 22.0 Å². The van der Waals surface area contributed by atoms with Gasteiger partial charge in [0.25, 0.3) is 0 Å². The minimum Gasteiger partial charge on any atom is -0.340 e. The lowest BCUT2D eigenvalue weighted by Crippen LogP contribution is -2.50. The van der Waals surface area contributed by atoms with E-state index in [9.17, 15) is 13.2 Å². The van der Waals surface area contributed by atoms with Crippen LogP contribution in [0, 0.1) is 0 Å². The molecule has 0 spiro atoms. The summed E-state index contributed by atoms with van der Waals surface area (Å²) in [6, 6.07) is 11.1. The van der Waals surface area contributed by atoms with E-state index in [1.807, 2.05) is 42.6 Å². The van der Waals surface area contributed by atoms with Gasteiger partial charge in [-0.15, -0.1) is 0 Å². The smallest absolute Gasteiger partial charge is 0.236 e. The van der Waals surface area contributed by atoms with E-state index in [0.717, 1.165) is 5.56 Å². The van der Waals surface area contributed by atoms with Crippen LogP contribution in [0.1, 0.15) is 12.0 Å². The topological polar surface area (TPSA) is 75.5 Å². The zero-order valence-electron chi connectivity index (χ0n) is 14.4. The summed E-state index contributed by atoms with van der Waals surface area (Å²) in [4.78, 5) is 14.0. The fourth-order valence-electron chi connectivity index (χ4n) is 2.81. The van der Waals surface area contributed by atoms with Crippen molar-refractivity contribution in [3.05, 3.63) is 59.8 Å². The van der Waals surface area contributed by atoms with E-state index >= 15 is 0 Å². The summed E-state index contributed by atoms with van der Waals surface area (Å²) in [5.41, 5.74) is 0.837. The van der Waals surface area contributed by atoms with Crippen LogP contribution in [0.2, 0.25) is 0 Å². The van der Waals surface area contributed by atoms with Gasteiger partial charge in [-0.25, -0.2) is 8.42 Å². The Hall–Kier alpha value is -2.45. The van der Waals surface area contributed by atoms with Gasteiger partial charge in [0.05, 0.1) is 0 Å². The van der Waals surface area contributed by atoms with Gasteiger partial charge in [-0.1, -0.05) is 30.3 Å². The van der Waals surface area contributed by atoms with Gasteiger partial charge < -0.3 is 4.90 Å². The van der Waals surface area contributed by atoms with Gasteiger partial charge in [0.1, 0.15) is 0 Å². The number of nitrogens with zero attached hydrogens (tertiary/aromatic N) is 4. The summed E-state index contributed by atoms with van der Waals surface area (Å²) in [6.07, 6.45) is 5.45. The maximum absolute atomic E-state index is 12.4. The molecule has 1 aromatic carbocycles. The number of carbonyl (C=O) groups excluding carboxylic acids is 1. The van der Waals surface area contributed by atoms with Crippen molar-refractivity contribution in [1.29, 1.82) is 0 Å². The predicted molar refractivity (Wildman–Crippen MR) is 99.4 cm³/mol. The average molecular weight is 374 g/mol. The molecular weight excluding hydrogens is 352 g/mol. The molecule has 7 nitrogen and oxygen atoms in total. The molecule has 1 aromatic heterocycles. The first-order chi connectivity index (χ1) is 12.5. The first kappa shape index (κ1) is 18.3. The molecule has 8 heteroatoms. The van der Waals surface area contributed by atoms with Gasteiger partial charge in [-0.05, 0) is 17.7 Å². The Balaban J connectivity index is 1.50. The van der Waals surface area contributed by atoms with E-state index in [2.05, 4.69) is 5.10 Å². The summed E-state index contributed by atoms with van der Waals surface area (Å²) >= 11 is 0. The molecule has 0 bridgehead atoms. The number of sulfonamides is 1. The molecular formula is C18H22N4O3S. The van der Waals surface area contributed by atoms with Crippen molar-refractivity contribution < 1.29 is 13.2 Å². The second-order valence-corrected chi connectivity index (χ2v) is 7.88. The van der Waals surface area contributed by atoms with Crippen molar-refractivity contribution in [3.8, 4) is 0 Å². The van der Waals surface area contributed by atoms with Crippen molar-refractivity contribution in [3.63, 3.8) is 0 Å². The van der Waals surface area contributed by atoms with Crippen LogP contribution in [0.25, 0.3) is 6.08 Å². The number of hydrogen-bond donors (Lipinski definition) is 0. The van der Waals surface area contributed by atoms with Crippen LogP contribution in [0.15, 0.2) is 54.2 Å². The predicted octanol–water partition coefficient (Wildman–Crippen LogP) is 1.42. The number of hydrogen-bond acceptors (Lipinski definition) is 4. The summed E-state index contributed by atoms with van der Waals surface area (Å²) < 4.78 is 28.0. The zero-order chi connectivity index (χ0) is 18.4. The number of benzene rings is 1. The summed E-state index contributed by atoms with van der Waals surface area (Å²) in [6.45, 7) is 1.99. The van der Waals surface area contributed by atoms with Gasteiger partial charge in [-0.3, -0.25) is 9.48 Å². The van der Waals surface area contributed by atoms with E-state index in [1.54, 1.807) is 21.9 Å². The molecule has 1 aliphatic heterocycles. The maximum atomic E-state index is 12.4. The minimum atomic E-state index is -3.48. The second-order valence-electron chi connectivity index (χ2n) is 6.06. The molecule has 0 saturated carbocycles. The quantitative estimate of drug-likeness (QED) is 0.766. The Bertz CT molecular complexity index is 840. The summed E-state index contributed by atoms with van der Waals surface area (Å²) in [5, 5.41) is 5.31. The average Bonchev–Trinajstić information content (AvgIpc) is 3.19. The fourth-order valence-corrected chi connectivity index (χ4v) is 3.98. The number of amides is 1. The van der Waals surface area contributed by atoms with Crippen molar-refractivity contribution in [2.75, 3.05) is 26.2 Å². The van der Waals surface area contributed by atoms with Crippen LogP contribution in [-0.2, 0) is 21.4 Å². The van der Waals surface area contributed by atoms with Crippen molar-refractivity contribution in [1.82, 2.24) is 19.0 Å². The molecule has 0 N–H and O–H groups in total. The van der Waals surface area contributed by atoms with Crippen LogP contribution in [0.5, 0.6) is 0 Å². The molecule has 2 aromatic rings. The molecule has 138 valence electrons. The lowest BCUT2D eigenvalue weighted by atomic mass is 10.2. The van der Waals surface area contributed by atoms with E-state index < -0.39 is 10.0 Å². The molecule has 0 radical (unpaired) electrons. The van der Waals surface area contributed by atoms with Crippen molar-refractivity contribution in [2.24, 2.45) is 0 Å². The standard InChI is InChI=1S/C18H22N4O3S/c23-18(7-11-21-10-4-9-19-21)20-12-14-22(15-13-20)26(24,25)16-8-17-5-2-1-3-6-17/h1-6,8-10,16H,7,11-15H2. The Labute approximate surface area is 153 Å². The molecule has 1 amide bonds. The van der Waals surface area contributed by atoms with E-state index in [0.29, 0.717) is 39.1 Å². The molecule has 1 saturated heterocycles. The third-order valence-electron chi connectivity index (χ3n) is 4.30. The minimum absolute atomic E-state index is 0.0253. The first-order valence-electron chi connectivity index (χ1n) is 8.53. The highest BCUT2D eigenvalue weighted by Crippen LogP contribution is 2.12. The molecule has 0 unspecified atom stereocenters. The Morgan fingerprint density at radius 2 is 1.81 bits per heavy atom. The summed E-state index contributed by atoms with van der Waals surface area (Å²) in [5.74, 6) is 0.0253. The Kier molecular flexibility index (Phi) is 5.85. The molecule has 1 fully saturated rings. The van der Waals surface area contributed by atoms with Crippen LogP contribution >= 0.6 is 0 Å². The van der Waals surface area contributed by atoms with Gasteiger partial charge in [0.2, 0.25) is 15.9 Å². The molecule has 2 heterocycles. The zero-order valence-corrected chi connectivity index (χ0v) is 15.3. The number of carbonyl (C=O) groups is 1. The number of piperazine rings is 1. The third-order valence-corrected chi connectivity index (χ3v) is 5.86. The molecule has 3 rings (SSSR count). The molecule has 1 aliphatic rings. The SMILES string of the molecule is O=C(CCn1cccn1)N1CCN(S(=O)(=O)C=Cc2ccccc2)CC1. The van der Waals surface area contributed by atoms with Crippen LogP contribution in [-0.4, -0.2) is 59.5 Å². The maximum Gasteiger partial charge on any atom is 0.236 e. The second kappa shape index (κ2) is 8.29. The van der Waals surface area contributed by atoms with E-state index in [-0.39, 0.29) is 5.91 Å². The van der Waals surface area contributed by atoms with E-state index in [1.165, 1.54) is 9.71 Å². The number of aryl methyl sites for hydroxylation is 1. The van der Waals surface area contributed by atoms with Crippen LogP contribution in [0.4, 0.5) is 0 Å². The third kappa shape index (κ3) is 4.80. The lowest BCUT2D eigenvalue weighted by Gasteiger charge is -2.33. The first-order valence-corrected chi connectivity index (χ1v) is 10.0. The van der Waals surface area contributed by atoms with E-state index in [4.69, 9.17) is 0 Å². The van der Waals surface area contributed by atoms with Gasteiger partial charge in [0, 0.05) is 56.9 Å². The lowest BCUT2D eigenvalue weighted by molar-refractivity contribution is -0.132. The molecule has 0 atom stereocenters. The highest BCUT2D eigenvalue weighted by Gasteiger charge is 2.27. The molecule has 0 aliphatic carbocycles. The Morgan fingerprint density at radius 3 is 2.46 bits per heavy atom. The Morgan fingerprint density at radius 1 is 1.08 bits per heavy atom. The largest absolute Gasteiger partial charge is 0.340 e. The highest BCUT2D eigenvalue weighted by atomic mass is 32.2. The van der Waals surface area contributed by atoms with Gasteiger partial charge in [0.15, 0.2) is 0 Å². The van der Waals surface area contributed by atoms with Crippen molar-refractivity contribution in [2.45, 2.75) is 13.0 Å². The normalized spacial score (nSPS) is 16.2. The van der Waals surface area contributed by atoms with Crippen LogP contribution < -0.4 is 0 Å². The monoisotopic (exact) mass is 374 g/mol. The molecule has 26 heavy (non-hydrogen) atoms. The van der Waals surface area contributed by atoms with Gasteiger partial charge >= 0.3 is 0 Å². The fraction of sp³-hybridized carbons (Fsp3) is 0.333. The number of rotatable bonds is 6. The van der Waals surface area contributed by atoms with Gasteiger partial charge in [-0.2, -0.15) is 9.40 Å². The van der Waals surface area contributed by atoms with Crippen LogP contribution in [0.3, 0.4) is 0 Å².